The molecule has 0 saturated heterocycles. The molecule has 1 aliphatic heterocycles. The molecule has 36 heavy (non-hydrogen) atoms. The fourth-order valence-corrected chi connectivity index (χ4v) is 4.11. The SMILES string of the molecule is Cc1ccc([C@@H]2C(/C=N\NC(=O)c3ccc([N+](=O)[O-])o3)=C(c3ccccc3)Oc3ccccc32)cc1. The minimum Gasteiger partial charge on any atom is -0.456 e. The summed E-state index contributed by atoms with van der Waals surface area (Å²) in [6.45, 7) is 2.03. The average Bonchev–Trinajstić information content (AvgIpc) is 3.40. The second kappa shape index (κ2) is 9.71. The molecule has 2 heterocycles. The van der Waals surface area contributed by atoms with Crippen molar-refractivity contribution in [1.29, 1.82) is 0 Å². The first-order valence-electron chi connectivity index (χ1n) is 11.2. The molecular weight excluding hydrogens is 458 g/mol. The van der Waals surface area contributed by atoms with Crippen molar-refractivity contribution in [1.82, 2.24) is 5.43 Å². The summed E-state index contributed by atoms with van der Waals surface area (Å²) in [7, 11) is 0. The second-order valence-electron chi connectivity index (χ2n) is 8.23. The number of carbonyl (C=O) groups is 1. The van der Waals surface area contributed by atoms with E-state index < -0.39 is 16.7 Å². The quantitative estimate of drug-likeness (QED) is 0.212. The Morgan fingerprint density at radius 3 is 2.42 bits per heavy atom. The number of nitrogens with zero attached hydrogens (tertiary/aromatic N) is 2. The summed E-state index contributed by atoms with van der Waals surface area (Å²) >= 11 is 0. The van der Waals surface area contributed by atoms with Crippen molar-refractivity contribution >= 4 is 23.8 Å². The maximum atomic E-state index is 12.5. The molecule has 178 valence electrons. The summed E-state index contributed by atoms with van der Waals surface area (Å²) in [6.07, 6.45) is 1.55. The van der Waals surface area contributed by atoms with Crippen LogP contribution in [0.2, 0.25) is 0 Å². The standard InChI is InChI=1S/C28H21N3O5/c1-18-11-13-19(14-12-18)26-21-9-5-6-10-23(21)36-27(20-7-3-2-4-8-20)22(26)17-29-30-28(32)24-15-16-25(35-24)31(33)34/h2-17,26H,1H3,(H,30,32)/b29-17-/t26-/m0/s1. The van der Waals surface area contributed by atoms with Gasteiger partial charge in [-0.15, -0.1) is 0 Å². The second-order valence-corrected chi connectivity index (χ2v) is 8.23. The summed E-state index contributed by atoms with van der Waals surface area (Å²) in [5.41, 5.74) is 7.15. The molecule has 1 N–H and O–H groups in total. The third-order valence-electron chi connectivity index (χ3n) is 5.83. The smallest absolute Gasteiger partial charge is 0.433 e. The van der Waals surface area contributed by atoms with Gasteiger partial charge in [0.1, 0.15) is 16.4 Å². The zero-order valence-corrected chi connectivity index (χ0v) is 19.3. The Bertz CT molecular complexity index is 1490. The van der Waals surface area contributed by atoms with Crippen molar-refractivity contribution in [2.45, 2.75) is 12.8 Å². The van der Waals surface area contributed by atoms with E-state index in [0.29, 0.717) is 5.76 Å². The number of nitrogens with one attached hydrogen (secondary N) is 1. The number of carbonyl (C=O) groups excluding carboxylic acids is 1. The van der Waals surface area contributed by atoms with Gasteiger partial charge in [-0.3, -0.25) is 14.9 Å². The van der Waals surface area contributed by atoms with Crippen molar-refractivity contribution in [3.63, 3.8) is 0 Å². The Balaban J connectivity index is 1.57. The van der Waals surface area contributed by atoms with Crippen LogP contribution in [0.3, 0.4) is 0 Å². The monoisotopic (exact) mass is 479 g/mol. The van der Waals surface area contributed by atoms with Gasteiger partial charge in [-0.25, -0.2) is 5.43 Å². The summed E-state index contributed by atoms with van der Waals surface area (Å²) in [6, 6.07) is 28.1. The lowest BCUT2D eigenvalue weighted by atomic mass is 9.81. The topological polar surface area (TPSA) is 107 Å². The number of allylic oxidation sites excluding steroid dienone is 1. The molecule has 0 aliphatic carbocycles. The van der Waals surface area contributed by atoms with Gasteiger partial charge in [-0.2, -0.15) is 5.10 Å². The van der Waals surface area contributed by atoms with E-state index in [9.17, 15) is 14.9 Å². The molecular formula is C28H21N3O5. The Labute approximate surface area is 206 Å². The number of para-hydroxylation sites is 1. The summed E-state index contributed by atoms with van der Waals surface area (Å²) in [5.74, 6) is -0.287. The van der Waals surface area contributed by atoms with Gasteiger partial charge in [0.15, 0.2) is 0 Å². The number of hydrazone groups is 1. The molecule has 3 aromatic carbocycles. The fourth-order valence-electron chi connectivity index (χ4n) is 4.11. The highest BCUT2D eigenvalue weighted by Crippen LogP contribution is 2.45. The van der Waals surface area contributed by atoms with Crippen LogP contribution in [0.1, 0.15) is 38.7 Å². The largest absolute Gasteiger partial charge is 0.456 e. The van der Waals surface area contributed by atoms with E-state index in [1.54, 1.807) is 6.21 Å². The molecule has 8 nitrogen and oxygen atoms in total. The molecule has 0 fully saturated rings. The normalized spacial score (nSPS) is 14.9. The molecule has 8 heteroatoms. The summed E-state index contributed by atoms with van der Waals surface area (Å²) in [5, 5.41) is 15.0. The highest BCUT2D eigenvalue weighted by atomic mass is 16.6. The van der Waals surface area contributed by atoms with Gasteiger partial charge in [0.05, 0.1) is 12.3 Å². The number of rotatable bonds is 6. The fraction of sp³-hybridized carbons (Fsp3) is 0.0714. The predicted molar refractivity (Wildman–Crippen MR) is 135 cm³/mol. The third-order valence-corrected chi connectivity index (χ3v) is 5.83. The van der Waals surface area contributed by atoms with Gasteiger partial charge in [0, 0.05) is 22.6 Å². The van der Waals surface area contributed by atoms with Gasteiger partial charge in [-0.05, 0) is 24.6 Å². The van der Waals surface area contributed by atoms with E-state index in [4.69, 9.17) is 9.15 Å². The van der Waals surface area contributed by atoms with Crippen LogP contribution in [0.25, 0.3) is 5.76 Å². The average molecular weight is 479 g/mol. The minimum absolute atomic E-state index is 0.212. The predicted octanol–water partition coefficient (Wildman–Crippen LogP) is 5.85. The van der Waals surface area contributed by atoms with Crippen molar-refractivity contribution in [3.05, 3.63) is 135 Å². The van der Waals surface area contributed by atoms with Crippen LogP contribution in [0.5, 0.6) is 5.75 Å². The number of fused-ring (bicyclic) bond motifs is 1. The van der Waals surface area contributed by atoms with Crippen LogP contribution in [-0.4, -0.2) is 17.0 Å². The Kier molecular flexibility index (Phi) is 6.15. The van der Waals surface area contributed by atoms with Gasteiger partial charge in [-0.1, -0.05) is 78.4 Å². The number of hydrogen-bond donors (Lipinski definition) is 1. The van der Waals surface area contributed by atoms with E-state index >= 15 is 0 Å². The van der Waals surface area contributed by atoms with Crippen molar-refractivity contribution < 1.29 is 18.9 Å². The first-order chi connectivity index (χ1) is 17.5. The van der Waals surface area contributed by atoms with Crippen molar-refractivity contribution in [2.75, 3.05) is 0 Å². The first-order valence-corrected chi connectivity index (χ1v) is 11.2. The molecule has 1 amide bonds. The maximum Gasteiger partial charge on any atom is 0.433 e. The number of ether oxygens (including phenoxy) is 1. The van der Waals surface area contributed by atoms with Crippen molar-refractivity contribution in [3.8, 4) is 5.75 Å². The number of furan rings is 1. The van der Waals surface area contributed by atoms with E-state index in [1.807, 2.05) is 61.5 Å². The third kappa shape index (κ3) is 4.52. The lowest BCUT2D eigenvalue weighted by molar-refractivity contribution is -0.402. The Morgan fingerprint density at radius 1 is 0.972 bits per heavy atom. The molecule has 5 rings (SSSR count). The molecule has 0 spiro atoms. The van der Waals surface area contributed by atoms with Crippen LogP contribution >= 0.6 is 0 Å². The lowest BCUT2D eigenvalue weighted by Gasteiger charge is -2.30. The molecule has 0 bridgehead atoms. The van der Waals surface area contributed by atoms with Crippen LogP contribution in [-0.2, 0) is 0 Å². The molecule has 0 saturated carbocycles. The maximum absolute atomic E-state index is 12.5. The first kappa shape index (κ1) is 22.8. The van der Waals surface area contributed by atoms with Gasteiger partial charge in [0.2, 0.25) is 5.76 Å². The van der Waals surface area contributed by atoms with Gasteiger partial charge >= 0.3 is 11.8 Å². The van der Waals surface area contributed by atoms with Gasteiger partial charge < -0.3 is 9.15 Å². The van der Waals surface area contributed by atoms with Crippen LogP contribution in [0, 0.1) is 17.0 Å². The Hall–Kier alpha value is -4.98. The number of amides is 1. The number of nitro groups is 1. The van der Waals surface area contributed by atoms with E-state index in [-0.39, 0.29) is 11.7 Å². The molecule has 1 aliphatic rings. The summed E-state index contributed by atoms with van der Waals surface area (Å²) < 4.78 is 11.3. The Morgan fingerprint density at radius 2 is 1.69 bits per heavy atom. The number of benzene rings is 3. The molecule has 1 atom stereocenters. The van der Waals surface area contributed by atoms with E-state index in [0.717, 1.165) is 39.6 Å². The summed E-state index contributed by atoms with van der Waals surface area (Å²) in [4.78, 5) is 22.6. The number of aryl methyl sites for hydroxylation is 1. The van der Waals surface area contributed by atoms with Crippen molar-refractivity contribution in [2.24, 2.45) is 5.10 Å². The number of hydrogen-bond acceptors (Lipinski definition) is 6. The minimum atomic E-state index is -0.708. The molecule has 1 aromatic heterocycles. The van der Waals surface area contributed by atoms with Crippen LogP contribution in [0.4, 0.5) is 5.88 Å². The zero-order valence-electron chi connectivity index (χ0n) is 19.3. The van der Waals surface area contributed by atoms with Crippen LogP contribution in [0.15, 0.2) is 106 Å². The zero-order chi connectivity index (χ0) is 25.1. The lowest BCUT2D eigenvalue weighted by Crippen LogP contribution is -2.20. The highest BCUT2D eigenvalue weighted by molar-refractivity contribution is 5.96. The van der Waals surface area contributed by atoms with Gasteiger partial charge in [0.25, 0.3) is 0 Å². The molecule has 4 aromatic rings. The molecule has 0 unspecified atom stereocenters. The molecule has 0 radical (unpaired) electrons. The van der Waals surface area contributed by atoms with Crippen LogP contribution < -0.4 is 10.2 Å². The van der Waals surface area contributed by atoms with E-state index in [1.165, 1.54) is 6.07 Å². The van der Waals surface area contributed by atoms with E-state index in [2.05, 4.69) is 34.8 Å². The highest BCUT2D eigenvalue weighted by Gasteiger charge is 2.31.